The molecule has 0 unspecified atom stereocenters. The van der Waals surface area contributed by atoms with E-state index in [1.165, 1.54) is 4.90 Å². The van der Waals surface area contributed by atoms with Crippen LogP contribution in [-0.4, -0.2) is 58.4 Å². The van der Waals surface area contributed by atoms with Gasteiger partial charge in [0.2, 0.25) is 5.78 Å². The Morgan fingerprint density at radius 2 is 1.57 bits per heavy atom. The number of ether oxygens (including phenoxy) is 1. The Kier molecular flexibility index (Phi) is 5.52. The van der Waals surface area contributed by atoms with Gasteiger partial charge in [-0.2, -0.15) is 0 Å². The second kappa shape index (κ2) is 8.89. The molecule has 3 aromatic carbocycles. The topological polar surface area (TPSA) is 105 Å². The molecule has 1 N–H and O–H groups in total. The summed E-state index contributed by atoms with van der Waals surface area (Å²) in [5.41, 5.74) is 3.97. The minimum absolute atomic E-state index is 0.0155. The summed E-state index contributed by atoms with van der Waals surface area (Å²) in [6.07, 6.45) is -0.586. The minimum atomic E-state index is -1.16. The van der Waals surface area contributed by atoms with E-state index in [1.54, 1.807) is 24.3 Å². The first-order valence-electron chi connectivity index (χ1n) is 12.1. The number of amides is 1. The van der Waals surface area contributed by atoms with Crippen LogP contribution < -0.4 is 0 Å². The van der Waals surface area contributed by atoms with Gasteiger partial charge in [0.1, 0.15) is 18.4 Å². The summed E-state index contributed by atoms with van der Waals surface area (Å²) in [7, 11) is 0. The summed E-state index contributed by atoms with van der Waals surface area (Å²) in [6.45, 7) is 0.0491. The lowest BCUT2D eigenvalue weighted by atomic mass is 9.91. The molecule has 2 atom stereocenters. The van der Waals surface area contributed by atoms with Crippen LogP contribution >= 0.6 is 0 Å². The maximum atomic E-state index is 13.2. The van der Waals surface area contributed by atoms with E-state index in [-0.39, 0.29) is 43.4 Å². The van der Waals surface area contributed by atoms with E-state index in [4.69, 9.17) is 9.57 Å². The maximum absolute atomic E-state index is 13.2. The number of carbonyl (C=O) groups is 3. The van der Waals surface area contributed by atoms with Gasteiger partial charge in [-0.05, 0) is 22.3 Å². The van der Waals surface area contributed by atoms with Gasteiger partial charge in [-0.3, -0.25) is 9.69 Å². The van der Waals surface area contributed by atoms with Crippen LogP contribution in [0, 0.1) is 0 Å². The van der Waals surface area contributed by atoms with E-state index >= 15 is 0 Å². The first kappa shape index (κ1) is 23.0. The highest BCUT2D eigenvalue weighted by molar-refractivity contribution is 6.46. The molecule has 1 saturated heterocycles. The van der Waals surface area contributed by atoms with Gasteiger partial charge in [0, 0.05) is 24.3 Å². The zero-order chi connectivity index (χ0) is 25.6. The lowest BCUT2D eigenvalue weighted by Gasteiger charge is -2.23. The average Bonchev–Trinajstić information content (AvgIpc) is 3.62. The highest BCUT2D eigenvalue weighted by atomic mass is 16.7. The lowest BCUT2D eigenvalue weighted by molar-refractivity contribution is -0.141. The molecule has 2 aliphatic heterocycles. The van der Waals surface area contributed by atoms with Crippen LogP contribution in [0.15, 0.2) is 84.0 Å². The number of aliphatic carboxylic acids is 1. The molecular formula is C29H24N2O6. The van der Waals surface area contributed by atoms with E-state index in [9.17, 15) is 19.5 Å². The number of hydrogen-bond acceptors (Lipinski definition) is 6. The summed E-state index contributed by atoms with van der Waals surface area (Å²) in [5, 5.41) is 13.8. The molecular weight excluding hydrogens is 472 g/mol. The van der Waals surface area contributed by atoms with Crippen LogP contribution in [0.25, 0.3) is 11.1 Å². The predicted octanol–water partition coefficient (Wildman–Crippen LogP) is 4.49. The van der Waals surface area contributed by atoms with Crippen molar-refractivity contribution in [3.63, 3.8) is 0 Å². The van der Waals surface area contributed by atoms with Crippen LogP contribution in [0.3, 0.4) is 0 Å². The molecule has 0 saturated carbocycles. The third-order valence-corrected chi connectivity index (χ3v) is 7.39. The van der Waals surface area contributed by atoms with Gasteiger partial charge in [-0.25, -0.2) is 9.59 Å². The van der Waals surface area contributed by atoms with Crippen molar-refractivity contribution >= 4 is 23.6 Å². The van der Waals surface area contributed by atoms with Gasteiger partial charge < -0.3 is 14.7 Å². The van der Waals surface area contributed by atoms with E-state index < -0.39 is 23.7 Å². The number of benzene rings is 3. The Morgan fingerprint density at radius 3 is 2.22 bits per heavy atom. The molecule has 1 fully saturated rings. The number of oxime groups is 1. The number of carbonyl (C=O) groups excluding carboxylic acids is 2. The van der Waals surface area contributed by atoms with Gasteiger partial charge in [0.25, 0.3) is 0 Å². The van der Waals surface area contributed by atoms with E-state index in [0.717, 1.165) is 22.3 Å². The van der Waals surface area contributed by atoms with Crippen molar-refractivity contribution in [3.05, 3.63) is 95.6 Å². The molecule has 8 nitrogen and oxygen atoms in total. The van der Waals surface area contributed by atoms with Crippen molar-refractivity contribution in [2.75, 3.05) is 13.2 Å². The number of carboxylic acid groups (broad SMARTS) is 1. The Labute approximate surface area is 213 Å². The van der Waals surface area contributed by atoms with E-state index in [1.807, 2.05) is 54.6 Å². The molecule has 186 valence electrons. The fraction of sp³-hybridized carbons (Fsp3) is 0.241. The second-order valence-electron chi connectivity index (χ2n) is 9.67. The molecule has 6 rings (SSSR count). The fourth-order valence-corrected chi connectivity index (χ4v) is 5.63. The average molecular weight is 497 g/mol. The molecule has 0 aromatic heterocycles. The molecule has 8 heteroatoms. The standard InChI is InChI=1S/C29H24N2O6/c32-26(18-8-2-1-3-9-18)24-14-29(37-30-24)15-25(27(33)34)31(17-29)28(35)36-16-23-21-12-6-4-10-19(21)20-11-5-7-13-22(20)23/h1-13,23,25H,14-17H2,(H,33,34)/t25-,29+/m0/s1. The number of nitrogens with zero attached hydrogens (tertiary/aromatic N) is 2. The van der Waals surface area contributed by atoms with Crippen molar-refractivity contribution in [3.8, 4) is 11.1 Å². The predicted molar refractivity (Wildman–Crippen MR) is 134 cm³/mol. The molecule has 1 amide bonds. The van der Waals surface area contributed by atoms with Crippen molar-refractivity contribution in [1.82, 2.24) is 4.90 Å². The van der Waals surface area contributed by atoms with Gasteiger partial charge >= 0.3 is 12.1 Å². The minimum Gasteiger partial charge on any atom is -0.480 e. The van der Waals surface area contributed by atoms with Crippen LogP contribution in [0.4, 0.5) is 4.79 Å². The van der Waals surface area contributed by atoms with Crippen molar-refractivity contribution < 1.29 is 29.1 Å². The van der Waals surface area contributed by atoms with Crippen molar-refractivity contribution in [1.29, 1.82) is 0 Å². The number of likely N-dealkylation sites (tertiary alicyclic amines) is 1. The molecule has 3 aromatic rings. The van der Waals surface area contributed by atoms with E-state index in [0.29, 0.717) is 5.56 Å². The summed E-state index contributed by atoms with van der Waals surface area (Å²) in [6, 6.07) is 23.6. The monoisotopic (exact) mass is 496 g/mol. The zero-order valence-corrected chi connectivity index (χ0v) is 19.9. The molecule has 0 radical (unpaired) electrons. The number of ketones is 1. The summed E-state index contributed by atoms with van der Waals surface area (Å²) >= 11 is 0. The van der Waals surface area contributed by atoms with Crippen molar-refractivity contribution in [2.24, 2.45) is 5.16 Å². The highest BCUT2D eigenvalue weighted by Gasteiger charge is 2.55. The van der Waals surface area contributed by atoms with Crippen LogP contribution in [0.2, 0.25) is 0 Å². The Balaban J connectivity index is 1.17. The Hall–Kier alpha value is -4.46. The number of Topliss-reactive ketones (excluding diaryl/α,β-unsaturated/α-hetero) is 1. The quantitative estimate of drug-likeness (QED) is 0.522. The van der Waals surface area contributed by atoms with Crippen molar-refractivity contribution in [2.45, 2.75) is 30.4 Å². The smallest absolute Gasteiger partial charge is 0.410 e. The zero-order valence-electron chi connectivity index (χ0n) is 19.9. The van der Waals surface area contributed by atoms with Crippen LogP contribution in [0.5, 0.6) is 0 Å². The Bertz CT molecular complexity index is 1390. The first-order chi connectivity index (χ1) is 18.0. The third-order valence-electron chi connectivity index (χ3n) is 7.39. The number of carboxylic acids is 1. The van der Waals surface area contributed by atoms with Crippen LogP contribution in [0.1, 0.15) is 40.2 Å². The summed E-state index contributed by atoms with van der Waals surface area (Å²) < 4.78 is 5.71. The van der Waals surface area contributed by atoms with Crippen LogP contribution in [-0.2, 0) is 14.4 Å². The molecule has 0 bridgehead atoms. The fourth-order valence-electron chi connectivity index (χ4n) is 5.63. The van der Waals surface area contributed by atoms with Gasteiger partial charge in [0.05, 0.1) is 6.54 Å². The Morgan fingerprint density at radius 1 is 0.946 bits per heavy atom. The molecule has 2 heterocycles. The summed E-state index contributed by atoms with van der Waals surface area (Å²) in [4.78, 5) is 44.9. The first-order valence-corrected chi connectivity index (χ1v) is 12.1. The second-order valence-corrected chi connectivity index (χ2v) is 9.67. The van der Waals surface area contributed by atoms with Gasteiger partial charge in [-0.1, -0.05) is 84.0 Å². The van der Waals surface area contributed by atoms with E-state index in [2.05, 4.69) is 5.16 Å². The number of rotatable bonds is 5. The highest BCUT2D eigenvalue weighted by Crippen LogP contribution is 2.45. The van der Waals surface area contributed by atoms with Gasteiger partial charge in [-0.15, -0.1) is 0 Å². The number of fused-ring (bicyclic) bond motifs is 3. The number of hydrogen-bond donors (Lipinski definition) is 1. The lowest BCUT2D eigenvalue weighted by Crippen LogP contribution is -2.42. The SMILES string of the molecule is O=C(C1=NO[C@]2(C1)C[C@@H](C(=O)O)N(C(=O)OCC1c3ccccc3-c3ccccc31)C2)c1ccccc1. The molecule has 3 aliphatic rings. The van der Waals surface area contributed by atoms with Gasteiger partial charge in [0.15, 0.2) is 5.60 Å². The maximum Gasteiger partial charge on any atom is 0.410 e. The molecule has 1 aliphatic carbocycles. The largest absolute Gasteiger partial charge is 0.480 e. The third kappa shape index (κ3) is 3.94. The normalized spacial score (nSPS) is 21.8. The molecule has 1 spiro atoms. The summed E-state index contributed by atoms with van der Waals surface area (Å²) in [5.74, 6) is -1.57. The molecule has 37 heavy (non-hydrogen) atoms.